The molecule has 24 heavy (non-hydrogen) atoms. The van der Waals surface area contributed by atoms with E-state index in [0.717, 1.165) is 5.56 Å². The summed E-state index contributed by atoms with van der Waals surface area (Å²) >= 11 is 11.8. The van der Waals surface area contributed by atoms with Crippen molar-refractivity contribution < 1.29 is 9.59 Å². The number of hydrogen-bond donors (Lipinski definition) is 3. The van der Waals surface area contributed by atoms with E-state index < -0.39 is 17.7 Å². The van der Waals surface area contributed by atoms with Gasteiger partial charge in [0.2, 0.25) is 11.8 Å². The Labute approximate surface area is 149 Å². The van der Waals surface area contributed by atoms with Gasteiger partial charge in [-0.25, -0.2) is 4.98 Å². The lowest BCUT2D eigenvalue weighted by Gasteiger charge is -2.15. The quantitative estimate of drug-likeness (QED) is 0.703. The van der Waals surface area contributed by atoms with Crippen molar-refractivity contribution in [3.8, 4) is 0 Å². The number of nitrogens with zero attached hydrogens (tertiary/aromatic N) is 1. The molecule has 126 valence electrons. The van der Waals surface area contributed by atoms with E-state index in [1.807, 2.05) is 0 Å². The Kier molecular flexibility index (Phi) is 5.64. The zero-order chi connectivity index (χ0) is 17.9. The lowest BCUT2D eigenvalue weighted by molar-refractivity contribution is -0.130. The van der Waals surface area contributed by atoms with Crippen LogP contribution in [0.2, 0.25) is 10.0 Å². The molecule has 0 aliphatic heterocycles. The second kappa shape index (κ2) is 7.51. The van der Waals surface area contributed by atoms with Crippen molar-refractivity contribution in [1.29, 1.82) is 0 Å². The molecule has 0 bridgehead atoms. The van der Waals surface area contributed by atoms with Crippen LogP contribution in [0, 0.1) is 6.92 Å². The normalized spacial score (nSPS) is 11.8. The van der Waals surface area contributed by atoms with Crippen molar-refractivity contribution in [2.24, 2.45) is 5.73 Å². The fraction of sp³-hybridized carbons (Fsp3) is 0.188. The number of primary amides is 1. The number of benzene rings is 1. The molecule has 1 heterocycles. The minimum absolute atomic E-state index is 0.197. The Balaban J connectivity index is 2.17. The molecule has 1 aromatic carbocycles. The van der Waals surface area contributed by atoms with E-state index >= 15 is 0 Å². The molecule has 0 fully saturated rings. The number of nitrogens with one attached hydrogen (secondary N) is 1. The van der Waals surface area contributed by atoms with Gasteiger partial charge in [0, 0.05) is 12.2 Å². The lowest BCUT2D eigenvalue weighted by Crippen LogP contribution is -2.36. The van der Waals surface area contributed by atoms with E-state index in [-0.39, 0.29) is 11.6 Å². The Morgan fingerprint density at radius 3 is 2.50 bits per heavy atom. The highest BCUT2D eigenvalue weighted by Gasteiger charge is 2.27. The van der Waals surface area contributed by atoms with Crippen LogP contribution >= 0.6 is 23.2 Å². The summed E-state index contributed by atoms with van der Waals surface area (Å²) < 4.78 is 0. The van der Waals surface area contributed by atoms with Crippen LogP contribution in [0.3, 0.4) is 0 Å². The minimum Gasteiger partial charge on any atom is -0.384 e. The lowest BCUT2D eigenvalue weighted by atomic mass is 9.97. The maximum Gasteiger partial charge on any atom is 0.237 e. The summed E-state index contributed by atoms with van der Waals surface area (Å²) in [5, 5.41) is 3.25. The number of rotatable bonds is 5. The van der Waals surface area contributed by atoms with Crippen LogP contribution in [0.15, 0.2) is 30.3 Å². The summed E-state index contributed by atoms with van der Waals surface area (Å²) in [6, 6.07) is 7.90. The van der Waals surface area contributed by atoms with E-state index in [1.165, 1.54) is 12.1 Å². The summed E-state index contributed by atoms with van der Waals surface area (Å²) in [4.78, 5) is 28.2. The van der Waals surface area contributed by atoms with Gasteiger partial charge in [-0.15, -0.1) is 0 Å². The van der Waals surface area contributed by atoms with E-state index in [9.17, 15) is 9.59 Å². The number of carbonyl (C=O) groups excluding carboxylic acids is 2. The number of nitrogen functional groups attached to an aromatic ring is 1. The highest BCUT2D eigenvalue weighted by molar-refractivity contribution is 6.42. The average Bonchev–Trinajstić information content (AvgIpc) is 2.50. The molecule has 1 aromatic heterocycles. The highest BCUT2D eigenvalue weighted by Crippen LogP contribution is 2.26. The Morgan fingerprint density at radius 2 is 1.92 bits per heavy atom. The number of pyridine rings is 1. The smallest absolute Gasteiger partial charge is 0.237 e. The standard InChI is InChI=1S/C16H16Cl2N4O2/c1-8-10(3-5-13(19)22-8)7-21-16(24)14(15(20)23)9-2-4-11(17)12(18)6-9/h2-6,14H,7H2,1H3,(H2,19,22)(H2,20,23)(H,21,24)/t14-/m1/s1. The van der Waals surface area contributed by atoms with Crippen LogP contribution in [0.4, 0.5) is 5.82 Å². The first kappa shape index (κ1) is 18.0. The molecule has 0 aliphatic carbocycles. The number of aromatic nitrogens is 1. The number of anilines is 1. The highest BCUT2D eigenvalue weighted by atomic mass is 35.5. The molecular weight excluding hydrogens is 351 g/mol. The fourth-order valence-electron chi connectivity index (χ4n) is 2.22. The monoisotopic (exact) mass is 366 g/mol. The van der Waals surface area contributed by atoms with Gasteiger partial charge in [-0.05, 0) is 36.2 Å². The second-order valence-electron chi connectivity index (χ2n) is 5.21. The second-order valence-corrected chi connectivity index (χ2v) is 6.02. The Bertz CT molecular complexity index is 796. The Hall–Kier alpha value is -2.31. The summed E-state index contributed by atoms with van der Waals surface area (Å²) in [6.07, 6.45) is 0. The number of halogens is 2. The van der Waals surface area contributed by atoms with Crippen molar-refractivity contribution in [2.75, 3.05) is 5.73 Å². The number of hydrogen-bond acceptors (Lipinski definition) is 4. The van der Waals surface area contributed by atoms with Gasteiger partial charge in [-0.1, -0.05) is 35.3 Å². The first-order valence-corrected chi connectivity index (χ1v) is 7.79. The molecule has 2 amide bonds. The zero-order valence-corrected chi connectivity index (χ0v) is 14.4. The first-order chi connectivity index (χ1) is 11.3. The van der Waals surface area contributed by atoms with Gasteiger partial charge in [0.05, 0.1) is 10.0 Å². The molecule has 2 aromatic rings. The SMILES string of the molecule is Cc1nc(N)ccc1CNC(=O)[C@@H](C(N)=O)c1ccc(Cl)c(Cl)c1. The van der Waals surface area contributed by atoms with Gasteiger partial charge in [0.1, 0.15) is 11.7 Å². The van der Waals surface area contributed by atoms with Gasteiger partial charge >= 0.3 is 0 Å². The number of nitrogens with two attached hydrogens (primary N) is 2. The van der Waals surface area contributed by atoms with Crippen LogP contribution in [0.1, 0.15) is 22.7 Å². The largest absolute Gasteiger partial charge is 0.384 e. The third kappa shape index (κ3) is 4.15. The molecule has 0 spiro atoms. The predicted octanol–water partition coefficient (Wildman–Crippen LogP) is 2.16. The van der Waals surface area contributed by atoms with Crippen LogP contribution in [0.5, 0.6) is 0 Å². The third-order valence-electron chi connectivity index (χ3n) is 3.49. The third-order valence-corrected chi connectivity index (χ3v) is 4.23. The van der Waals surface area contributed by atoms with E-state index in [1.54, 1.807) is 25.1 Å². The molecule has 5 N–H and O–H groups in total. The van der Waals surface area contributed by atoms with E-state index in [0.29, 0.717) is 22.1 Å². The van der Waals surface area contributed by atoms with E-state index in [2.05, 4.69) is 10.3 Å². The van der Waals surface area contributed by atoms with E-state index in [4.69, 9.17) is 34.7 Å². The molecular formula is C16H16Cl2N4O2. The zero-order valence-electron chi connectivity index (χ0n) is 12.8. The van der Waals surface area contributed by atoms with Crippen LogP contribution in [0.25, 0.3) is 0 Å². The molecule has 0 aliphatic rings. The molecule has 0 unspecified atom stereocenters. The topological polar surface area (TPSA) is 111 Å². The van der Waals surface area contributed by atoms with Crippen molar-refractivity contribution in [3.63, 3.8) is 0 Å². The molecule has 0 saturated carbocycles. The van der Waals surface area contributed by atoms with Gasteiger partial charge in [0.15, 0.2) is 0 Å². The summed E-state index contributed by atoms with van der Waals surface area (Å²) in [5.41, 5.74) is 12.8. The van der Waals surface area contributed by atoms with Gasteiger partial charge in [-0.3, -0.25) is 9.59 Å². The maximum absolute atomic E-state index is 12.4. The van der Waals surface area contributed by atoms with Crippen LogP contribution in [-0.4, -0.2) is 16.8 Å². The minimum atomic E-state index is -1.16. The van der Waals surface area contributed by atoms with Crippen molar-refractivity contribution in [3.05, 3.63) is 57.2 Å². The first-order valence-electron chi connectivity index (χ1n) is 7.03. The molecule has 8 heteroatoms. The fourth-order valence-corrected chi connectivity index (χ4v) is 2.52. The van der Waals surface area contributed by atoms with Gasteiger partial charge in [0.25, 0.3) is 0 Å². The van der Waals surface area contributed by atoms with Crippen LogP contribution in [-0.2, 0) is 16.1 Å². The Morgan fingerprint density at radius 1 is 1.21 bits per heavy atom. The van der Waals surface area contributed by atoms with Crippen molar-refractivity contribution >= 4 is 40.8 Å². The average molecular weight is 367 g/mol. The van der Waals surface area contributed by atoms with Crippen molar-refractivity contribution in [2.45, 2.75) is 19.4 Å². The van der Waals surface area contributed by atoms with Gasteiger partial charge in [-0.2, -0.15) is 0 Å². The van der Waals surface area contributed by atoms with Crippen molar-refractivity contribution in [1.82, 2.24) is 10.3 Å². The van der Waals surface area contributed by atoms with Crippen LogP contribution < -0.4 is 16.8 Å². The number of amides is 2. The molecule has 0 saturated heterocycles. The van der Waals surface area contributed by atoms with Gasteiger partial charge < -0.3 is 16.8 Å². The molecule has 6 nitrogen and oxygen atoms in total. The maximum atomic E-state index is 12.4. The molecule has 2 rings (SSSR count). The summed E-state index contributed by atoms with van der Waals surface area (Å²) in [6.45, 7) is 1.98. The summed E-state index contributed by atoms with van der Waals surface area (Å²) in [7, 11) is 0. The number of aryl methyl sites for hydroxylation is 1. The number of carbonyl (C=O) groups is 2. The molecule has 1 atom stereocenters. The predicted molar refractivity (Wildman–Crippen MR) is 93.6 cm³/mol. The molecule has 0 radical (unpaired) electrons. The summed E-state index contributed by atoms with van der Waals surface area (Å²) in [5.74, 6) is -2.08.